The summed E-state index contributed by atoms with van der Waals surface area (Å²) >= 11 is 0. The minimum atomic E-state index is 0.0470. The van der Waals surface area contributed by atoms with Crippen molar-refractivity contribution >= 4 is 11.5 Å². The largest absolute Gasteiger partial charge is 0.325 e. The molecule has 1 aliphatic heterocycles. The highest BCUT2D eigenvalue weighted by Crippen LogP contribution is 2.24. The van der Waals surface area contributed by atoms with Crippen LogP contribution in [0.4, 0.5) is 0 Å². The lowest BCUT2D eigenvalue weighted by Gasteiger charge is -2.16. The van der Waals surface area contributed by atoms with Crippen molar-refractivity contribution in [2.45, 2.75) is 6.92 Å². The molecule has 1 aliphatic rings. The van der Waals surface area contributed by atoms with E-state index in [1.54, 1.807) is 0 Å². The van der Waals surface area contributed by atoms with Gasteiger partial charge < -0.3 is 5.73 Å². The number of aryl methyl sites for hydroxylation is 1. The lowest BCUT2D eigenvalue weighted by molar-refractivity contribution is 0.1000. The number of aromatic nitrogens is 1. The zero-order valence-electron chi connectivity index (χ0n) is 11.3. The van der Waals surface area contributed by atoms with E-state index >= 15 is 0 Å². The molecular formula is C16H15N3O. The molecule has 3 rings (SSSR count). The minimum Gasteiger partial charge on any atom is -0.325 e. The third kappa shape index (κ3) is 2.14. The van der Waals surface area contributed by atoms with Crippen LogP contribution in [0.25, 0.3) is 11.1 Å². The van der Waals surface area contributed by atoms with Gasteiger partial charge in [0.05, 0.1) is 5.71 Å². The second-order valence-corrected chi connectivity index (χ2v) is 4.84. The van der Waals surface area contributed by atoms with E-state index in [0.717, 1.165) is 28.1 Å². The van der Waals surface area contributed by atoms with Gasteiger partial charge in [-0.25, -0.2) is 0 Å². The summed E-state index contributed by atoms with van der Waals surface area (Å²) in [4.78, 5) is 20.4. The summed E-state index contributed by atoms with van der Waals surface area (Å²) in [5.74, 6) is 0.0470. The molecule has 0 unspecified atom stereocenters. The normalized spacial score (nSPS) is 13.9. The van der Waals surface area contributed by atoms with Gasteiger partial charge in [0.2, 0.25) is 0 Å². The van der Waals surface area contributed by atoms with Crippen molar-refractivity contribution in [2.75, 3.05) is 13.1 Å². The number of hydrogen-bond donors (Lipinski definition) is 1. The Morgan fingerprint density at radius 3 is 2.65 bits per heavy atom. The number of rotatable bonds is 2. The van der Waals surface area contributed by atoms with Crippen LogP contribution in [0.2, 0.25) is 0 Å². The van der Waals surface area contributed by atoms with E-state index in [-0.39, 0.29) is 12.3 Å². The Bertz CT molecular complexity index is 702. The third-order valence-corrected chi connectivity index (χ3v) is 3.48. The van der Waals surface area contributed by atoms with Crippen molar-refractivity contribution in [3.05, 3.63) is 53.3 Å². The molecule has 0 aliphatic carbocycles. The maximum atomic E-state index is 11.9. The molecule has 0 bridgehead atoms. The average Bonchev–Trinajstić information content (AvgIpc) is 2.48. The van der Waals surface area contributed by atoms with Gasteiger partial charge in [-0.15, -0.1) is 0 Å². The van der Waals surface area contributed by atoms with Crippen molar-refractivity contribution < 1.29 is 4.79 Å². The average molecular weight is 265 g/mol. The van der Waals surface area contributed by atoms with Gasteiger partial charge in [-0.05, 0) is 24.6 Å². The van der Waals surface area contributed by atoms with Gasteiger partial charge in [-0.2, -0.15) is 0 Å². The molecular weight excluding hydrogens is 250 g/mol. The van der Waals surface area contributed by atoms with Crippen LogP contribution in [0.5, 0.6) is 0 Å². The number of carbonyl (C=O) groups is 1. The number of ketones is 1. The number of carbonyl (C=O) groups excluding carboxylic acids is 1. The second-order valence-electron chi connectivity index (χ2n) is 4.84. The SMILES string of the molecule is Cc1ccc(-c2ccc3c(c2)C(CN)=NCC3=O)cn1. The molecule has 2 N–H and O–H groups in total. The Labute approximate surface area is 117 Å². The van der Waals surface area contributed by atoms with Crippen LogP contribution >= 0.6 is 0 Å². The minimum absolute atomic E-state index is 0.0470. The number of hydrogen-bond acceptors (Lipinski definition) is 4. The quantitative estimate of drug-likeness (QED) is 0.903. The van der Waals surface area contributed by atoms with Crippen molar-refractivity contribution in [1.82, 2.24) is 4.98 Å². The Kier molecular flexibility index (Phi) is 3.16. The van der Waals surface area contributed by atoms with Gasteiger partial charge in [0.1, 0.15) is 6.54 Å². The van der Waals surface area contributed by atoms with Crippen LogP contribution in [0.3, 0.4) is 0 Å². The van der Waals surface area contributed by atoms with E-state index in [9.17, 15) is 4.79 Å². The summed E-state index contributed by atoms with van der Waals surface area (Å²) < 4.78 is 0. The topological polar surface area (TPSA) is 68.3 Å². The van der Waals surface area contributed by atoms with Gasteiger partial charge >= 0.3 is 0 Å². The van der Waals surface area contributed by atoms with E-state index in [0.29, 0.717) is 12.1 Å². The van der Waals surface area contributed by atoms with Crippen LogP contribution in [0, 0.1) is 6.92 Å². The molecule has 0 radical (unpaired) electrons. The number of fused-ring (bicyclic) bond motifs is 1. The summed E-state index contributed by atoms with van der Waals surface area (Å²) in [6, 6.07) is 9.77. The maximum absolute atomic E-state index is 11.9. The monoisotopic (exact) mass is 265 g/mol. The first-order valence-corrected chi connectivity index (χ1v) is 6.53. The molecule has 100 valence electrons. The predicted molar refractivity (Wildman–Crippen MR) is 79.2 cm³/mol. The van der Waals surface area contributed by atoms with E-state index < -0.39 is 0 Å². The van der Waals surface area contributed by atoms with E-state index in [1.165, 1.54) is 0 Å². The fraction of sp³-hybridized carbons (Fsp3) is 0.188. The Morgan fingerprint density at radius 2 is 1.95 bits per heavy atom. The zero-order valence-corrected chi connectivity index (χ0v) is 11.3. The predicted octanol–water partition coefficient (Wildman–Crippen LogP) is 2.00. The van der Waals surface area contributed by atoms with E-state index in [4.69, 9.17) is 5.73 Å². The molecule has 20 heavy (non-hydrogen) atoms. The van der Waals surface area contributed by atoms with Gasteiger partial charge in [0.25, 0.3) is 0 Å². The van der Waals surface area contributed by atoms with Gasteiger partial charge in [-0.1, -0.05) is 18.2 Å². The van der Waals surface area contributed by atoms with E-state index in [1.807, 2.05) is 43.5 Å². The van der Waals surface area contributed by atoms with Crippen LogP contribution in [0.15, 0.2) is 41.5 Å². The van der Waals surface area contributed by atoms with Crippen LogP contribution in [0.1, 0.15) is 21.6 Å². The fourth-order valence-corrected chi connectivity index (χ4v) is 2.36. The Balaban J connectivity index is 2.11. The summed E-state index contributed by atoms with van der Waals surface area (Å²) in [6.45, 7) is 2.50. The van der Waals surface area contributed by atoms with E-state index in [2.05, 4.69) is 9.98 Å². The number of aliphatic imine (C=N–C) groups is 1. The van der Waals surface area contributed by atoms with Gasteiger partial charge in [0.15, 0.2) is 5.78 Å². The molecule has 0 amide bonds. The second kappa shape index (κ2) is 4.98. The van der Waals surface area contributed by atoms with Crippen LogP contribution < -0.4 is 5.73 Å². The molecule has 1 aromatic heterocycles. The number of Topliss-reactive ketones (excluding diaryl/α,β-unsaturated/α-hetero) is 1. The molecule has 0 fully saturated rings. The molecule has 0 atom stereocenters. The maximum Gasteiger partial charge on any atom is 0.184 e. The van der Waals surface area contributed by atoms with Crippen molar-refractivity contribution in [1.29, 1.82) is 0 Å². The van der Waals surface area contributed by atoms with Gasteiger partial charge in [0, 0.05) is 35.1 Å². The molecule has 2 aromatic rings. The molecule has 0 saturated heterocycles. The lowest BCUT2D eigenvalue weighted by atomic mass is 9.93. The van der Waals surface area contributed by atoms with Crippen LogP contribution in [-0.4, -0.2) is 29.6 Å². The molecule has 0 spiro atoms. The fourth-order valence-electron chi connectivity index (χ4n) is 2.36. The highest BCUT2D eigenvalue weighted by molar-refractivity contribution is 6.16. The van der Waals surface area contributed by atoms with Crippen molar-refractivity contribution in [3.8, 4) is 11.1 Å². The summed E-state index contributed by atoms with van der Waals surface area (Å²) in [6.07, 6.45) is 1.83. The number of benzene rings is 1. The Morgan fingerprint density at radius 1 is 1.15 bits per heavy atom. The molecule has 4 nitrogen and oxygen atoms in total. The molecule has 4 heteroatoms. The number of pyridine rings is 1. The van der Waals surface area contributed by atoms with Gasteiger partial charge in [-0.3, -0.25) is 14.8 Å². The smallest absolute Gasteiger partial charge is 0.184 e. The zero-order chi connectivity index (χ0) is 14.1. The first kappa shape index (κ1) is 12.7. The summed E-state index contributed by atoms with van der Waals surface area (Å²) in [5, 5.41) is 0. The molecule has 2 heterocycles. The standard InChI is InChI=1S/C16H15N3O/c1-10-2-3-12(8-18-10)11-4-5-13-14(6-11)15(7-17)19-9-16(13)20/h2-6,8H,7,9,17H2,1H3. The summed E-state index contributed by atoms with van der Waals surface area (Å²) in [5.41, 5.74) is 11.1. The Hall–Kier alpha value is -2.33. The van der Waals surface area contributed by atoms with Crippen molar-refractivity contribution in [2.24, 2.45) is 10.7 Å². The lowest BCUT2D eigenvalue weighted by Crippen LogP contribution is -2.24. The first-order chi connectivity index (χ1) is 9.69. The summed E-state index contributed by atoms with van der Waals surface area (Å²) in [7, 11) is 0. The molecule has 1 aromatic carbocycles. The third-order valence-electron chi connectivity index (χ3n) is 3.48. The molecule has 0 saturated carbocycles. The first-order valence-electron chi connectivity index (χ1n) is 6.53. The van der Waals surface area contributed by atoms with Crippen LogP contribution in [-0.2, 0) is 0 Å². The highest BCUT2D eigenvalue weighted by atomic mass is 16.1. The highest BCUT2D eigenvalue weighted by Gasteiger charge is 2.20. The number of nitrogens with zero attached hydrogens (tertiary/aromatic N) is 2. The number of nitrogens with two attached hydrogens (primary N) is 1. The van der Waals surface area contributed by atoms with Crippen molar-refractivity contribution in [3.63, 3.8) is 0 Å².